The minimum absolute atomic E-state index is 0. The van der Waals surface area contributed by atoms with Gasteiger partial charge in [-0.25, -0.2) is 0 Å². The highest BCUT2D eigenvalue weighted by Crippen LogP contribution is 2.30. The van der Waals surface area contributed by atoms with Crippen molar-refractivity contribution in [3.8, 4) is 5.69 Å². The largest absolute Gasteiger partial charge is 1.00 e. The molecule has 2 N–H and O–H groups in total. The number of fused-ring (bicyclic) bond motifs is 1. The molecule has 21 heavy (non-hydrogen) atoms. The third kappa shape index (κ3) is 2.71. The van der Waals surface area contributed by atoms with Crippen molar-refractivity contribution in [2.24, 2.45) is 0 Å². The summed E-state index contributed by atoms with van der Waals surface area (Å²) >= 11 is 0. The van der Waals surface area contributed by atoms with Crippen LogP contribution in [0.4, 0.5) is 19.1 Å². The topological polar surface area (TPSA) is 47.9 Å². The smallest absolute Gasteiger partial charge is 0.416 e. The molecule has 4 nitrogen and oxygen atoms in total. The second-order valence-corrected chi connectivity index (χ2v) is 4.25. The van der Waals surface area contributed by atoms with Crippen molar-refractivity contribution in [1.82, 2.24) is 9.78 Å². The van der Waals surface area contributed by atoms with Crippen molar-refractivity contribution in [1.29, 1.82) is 0 Å². The summed E-state index contributed by atoms with van der Waals surface area (Å²) < 4.78 is 41.2. The highest BCUT2D eigenvalue weighted by atomic mass is 79.9. The van der Waals surface area contributed by atoms with E-state index in [1.807, 2.05) is 0 Å². The van der Waals surface area contributed by atoms with Gasteiger partial charge in [0.25, 0.3) is 0 Å². The quantitative estimate of drug-likeness (QED) is 0.580. The van der Waals surface area contributed by atoms with Crippen LogP contribution in [0.1, 0.15) is 5.56 Å². The highest BCUT2D eigenvalue weighted by molar-refractivity contribution is 5.45. The van der Waals surface area contributed by atoms with E-state index in [1.54, 1.807) is 34.9 Å². The van der Waals surface area contributed by atoms with Crippen molar-refractivity contribution < 1.29 is 34.6 Å². The van der Waals surface area contributed by atoms with Crippen LogP contribution in [0.5, 0.6) is 0 Å². The summed E-state index contributed by atoms with van der Waals surface area (Å²) in [5, 5.41) is 4.07. The molecule has 0 saturated carbocycles. The molecule has 3 rings (SSSR count). The Morgan fingerprint density at radius 2 is 1.86 bits per heavy atom. The lowest BCUT2D eigenvalue weighted by molar-refractivity contribution is -0.495. The van der Waals surface area contributed by atoms with E-state index in [-0.39, 0.29) is 22.9 Å². The summed E-state index contributed by atoms with van der Waals surface area (Å²) in [5.41, 5.74) is 5.92. The predicted octanol–water partition coefficient (Wildman–Crippen LogP) is -0.784. The zero-order chi connectivity index (χ0) is 14.3. The average Bonchev–Trinajstić information content (AvgIpc) is 2.76. The number of aromatic nitrogens is 3. The Morgan fingerprint density at radius 1 is 1.10 bits per heavy atom. The number of rotatable bonds is 1. The first-order valence-corrected chi connectivity index (χ1v) is 5.79. The zero-order valence-corrected chi connectivity index (χ0v) is 12.1. The summed E-state index contributed by atoms with van der Waals surface area (Å²) in [7, 11) is 0. The molecule has 0 radical (unpaired) electrons. The van der Waals surface area contributed by atoms with Crippen LogP contribution in [0.25, 0.3) is 11.3 Å². The van der Waals surface area contributed by atoms with Crippen LogP contribution < -0.4 is 27.1 Å². The second kappa shape index (κ2) is 5.36. The van der Waals surface area contributed by atoms with Crippen molar-refractivity contribution in [2.45, 2.75) is 6.18 Å². The van der Waals surface area contributed by atoms with Crippen molar-refractivity contribution >= 4 is 11.6 Å². The summed E-state index contributed by atoms with van der Waals surface area (Å²) in [4.78, 5) is 0. The molecule has 0 saturated heterocycles. The van der Waals surface area contributed by atoms with Gasteiger partial charge in [-0.15, -0.1) is 4.68 Å². The standard InChI is InChI=1S/C13H10F3N4.BrH/c14-13(15,16)9-4-3-5-10(8-9)20-11-6-1-2-7-19(11)12(17)18-20;/h1-8H,(H2,17,18);1H/q+1;/p-1. The lowest BCUT2D eigenvalue weighted by atomic mass is 10.2. The van der Waals surface area contributed by atoms with Crippen LogP contribution in [0, 0.1) is 0 Å². The molecule has 1 aromatic carbocycles. The van der Waals surface area contributed by atoms with Gasteiger partial charge in [0.15, 0.2) is 0 Å². The second-order valence-electron chi connectivity index (χ2n) is 4.25. The van der Waals surface area contributed by atoms with Crippen molar-refractivity contribution in [3.63, 3.8) is 0 Å². The Labute approximate surface area is 128 Å². The van der Waals surface area contributed by atoms with Crippen LogP contribution in [0.3, 0.4) is 0 Å². The van der Waals surface area contributed by atoms with Gasteiger partial charge in [0.1, 0.15) is 5.69 Å². The predicted molar refractivity (Wildman–Crippen MR) is 66.1 cm³/mol. The number of anilines is 1. The van der Waals surface area contributed by atoms with Gasteiger partial charge >= 0.3 is 12.1 Å². The number of hydrogen-bond donors (Lipinski definition) is 1. The molecule has 0 spiro atoms. The average molecular weight is 359 g/mol. The van der Waals surface area contributed by atoms with Gasteiger partial charge < -0.3 is 22.7 Å². The Kier molecular flexibility index (Phi) is 3.91. The third-order valence-electron chi connectivity index (χ3n) is 2.92. The van der Waals surface area contributed by atoms with Crippen LogP contribution in [-0.4, -0.2) is 9.78 Å². The van der Waals surface area contributed by atoms with Crippen LogP contribution in [0.15, 0.2) is 48.7 Å². The Hall–Kier alpha value is -2.09. The molecule has 0 aliphatic heterocycles. The van der Waals surface area contributed by atoms with Gasteiger partial charge in [0.05, 0.1) is 11.8 Å². The van der Waals surface area contributed by atoms with Crippen molar-refractivity contribution in [3.05, 3.63) is 54.2 Å². The Morgan fingerprint density at radius 3 is 2.57 bits per heavy atom. The van der Waals surface area contributed by atoms with E-state index in [2.05, 4.69) is 5.10 Å². The normalized spacial score (nSPS) is 11.4. The van der Waals surface area contributed by atoms with E-state index in [0.29, 0.717) is 11.3 Å². The number of benzene rings is 1. The maximum atomic E-state index is 12.7. The number of nitrogens with zero attached hydrogens (tertiary/aromatic N) is 3. The van der Waals surface area contributed by atoms with E-state index < -0.39 is 11.7 Å². The molecular formula is C13H10BrF3N4. The van der Waals surface area contributed by atoms with Gasteiger partial charge in [-0.2, -0.15) is 17.6 Å². The molecule has 0 amide bonds. The molecule has 0 atom stereocenters. The third-order valence-corrected chi connectivity index (χ3v) is 2.92. The number of nitrogens with two attached hydrogens (primary N) is 1. The number of nitrogen functional groups attached to an aromatic ring is 1. The van der Waals surface area contributed by atoms with E-state index >= 15 is 0 Å². The summed E-state index contributed by atoms with van der Waals surface area (Å²) in [6, 6.07) is 10.2. The van der Waals surface area contributed by atoms with Crippen LogP contribution in [0.2, 0.25) is 0 Å². The van der Waals surface area contributed by atoms with Crippen LogP contribution >= 0.6 is 0 Å². The molecule has 8 heteroatoms. The van der Waals surface area contributed by atoms with Gasteiger partial charge in [-0.05, 0) is 24.3 Å². The van der Waals surface area contributed by atoms with Gasteiger partial charge in [-0.3, -0.25) is 0 Å². The molecule has 3 aromatic rings. The lowest BCUT2D eigenvalue weighted by Gasteiger charge is -2.06. The molecule has 0 bridgehead atoms. The zero-order valence-electron chi connectivity index (χ0n) is 10.5. The molecule has 0 aliphatic carbocycles. The Balaban J connectivity index is 0.00000161. The number of hydrogen-bond acceptors (Lipinski definition) is 2. The summed E-state index contributed by atoms with van der Waals surface area (Å²) in [6.45, 7) is 0. The summed E-state index contributed by atoms with van der Waals surface area (Å²) in [6.07, 6.45) is -2.70. The minimum atomic E-state index is -4.39. The number of alkyl halides is 3. The number of halogens is 4. The minimum Gasteiger partial charge on any atom is -1.00 e. The molecule has 110 valence electrons. The van der Waals surface area contributed by atoms with Gasteiger partial charge in [0, 0.05) is 11.2 Å². The first-order valence-electron chi connectivity index (χ1n) is 5.79. The first-order chi connectivity index (χ1) is 9.47. The summed E-state index contributed by atoms with van der Waals surface area (Å²) in [5.74, 6) is 0.206. The van der Waals surface area contributed by atoms with E-state index in [0.717, 1.165) is 12.1 Å². The fraction of sp³-hybridized carbons (Fsp3) is 0.0769. The molecule has 0 aliphatic rings. The molecule has 2 heterocycles. The maximum absolute atomic E-state index is 12.7. The monoisotopic (exact) mass is 358 g/mol. The molecule has 0 fully saturated rings. The Bertz CT molecular complexity index is 782. The van der Waals surface area contributed by atoms with E-state index in [9.17, 15) is 13.2 Å². The SMILES string of the molecule is Nc1nn(-c2cccc(C(F)(F)F)c2)c2cccc[n+]12.[Br-]. The highest BCUT2D eigenvalue weighted by Gasteiger charge is 2.31. The lowest BCUT2D eigenvalue weighted by Crippen LogP contribution is -3.00. The van der Waals surface area contributed by atoms with Crippen LogP contribution in [-0.2, 0) is 6.18 Å². The number of pyridine rings is 1. The fourth-order valence-electron chi connectivity index (χ4n) is 2.01. The first kappa shape index (κ1) is 15.3. The fourth-order valence-corrected chi connectivity index (χ4v) is 2.01. The van der Waals surface area contributed by atoms with E-state index in [1.165, 1.54) is 10.7 Å². The van der Waals surface area contributed by atoms with Crippen molar-refractivity contribution in [2.75, 3.05) is 5.73 Å². The van der Waals surface area contributed by atoms with Gasteiger partial charge in [-0.1, -0.05) is 12.1 Å². The molecule has 0 unspecified atom stereocenters. The van der Waals surface area contributed by atoms with E-state index in [4.69, 9.17) is 5.73 Å². The maximum Gasteiger partial charge on any atom is 0.416 e. The molecule has 2 aromatic heterocycles. The molecular weight excluding hydrogens is 349 g/mol. The van der Waals surface area contributed by atoms with Gasteiger partial charge in [0.2, 0.25) is 5.65 Å².